The number of aromatic nitrogens is 5. The molecule has 0 saturated carbocycles. The number of nitrogens with one attached hydrogen (secondary N) is 2. The Morgan fingerprint density at radius 3 is 2.48 bits per heavy atom. The molecule has 1 aliphatic heterocycles. The summed E-state index contributed by atoms with van der Waals surface area (Å²) in [4.78, 5) is 25.1. The highest BCUT2D eigenvalue weighted by Gasteiger charge is 2.30. The fourth-order valence-corrected chi connectivity index (χ4v) is 6.14. The van der Waals surface area contributed by atoms with Crippen molar-refractivity contribution in [2.45, 2.75) is 84.0 Å². The fourth-order valence-electron chi connectivity index (χ4n) is 6.14. The summed E-state index contributed by atoms with van der Waals surface area (Å²) < 4.78 is 19.9. The normalized spacial score (nSPS) is 18.8. The highest BCUT2D eigenvalue weighted by atomic mass is 16.5. The van der Waals surface area contributed by atoms with Crippen molar-refractivity contribution in [1.82, 2.24) is 34.8 Å². The number of ether oxygens (including phenoxy) is 3. The van der Waals surface area contributed by atoms with Crippen LogP contribution in [0.4, 0.5) is 10.6 Å². The van der Waals surface area contributed by atoms with Gasteiger partial charge in [0, 0.05) is 36.5 Å². The number of amides is 2. The minimum Gasteiger partial charge on any atom is -0.484 e. The van der Waals surface area contributed by atoms with Gasteiger partial charge in [-0.25, -0.2) is 14.8 Å². The predicted molar refractivity (Wildman–Crippen MR) is 183 cm³/mol. The van der Waals surface area contributed by atoms with Crippen molar-refractivity contribution in [2.24, 2.45) is 0 Å². The Kier molecular flexibility index (Phi) is 9.95. The molecule has 0 bridgehead atoms. The molecular formula is C36H48N8O4. The first-order valence-corrected chi connectivity index (χ1v) is 16.9. The maximum Gasteiger partial charge on any atom is 0.320 e. The lowest BCUT2D eigenvalue weighted by molar-refractivity contribution is 0.0172. The SMILES string of the molecule is CC(C)(C)c1cc(NC(=O)N[C@H]2CC[C@@H](Oc3ccc4nnc(C(C)(C)C)n4c3)c3ccccc32)nc(COCCN2CCOCC2)n1. The predicted octanol–water partition coefficient (Wildman–Crippen LogP) is 5.74. The molecule has 6 rings (SSSR count). The topological polar surface area (TPSA) is 128 Å². The summed E-state index contributed by atoms with van der Waals surface area (Å²) in [6.07, 6.45) is 3.27. The van der Waals surface area contributed by atoms with E-state index in [-0.39, 0.29) is 35.6 Å². The van der Waals surface area contributed by atoms with Gasteiger partial charge >= 0.3 is 6.03 Å². The summed E-state index contributed by atoms with van der Waals surface area (Å²) in [5.41, 5.74) is 3.32. The first-order valence-electron chi connectivity index (χ1n) is 16.9. The van der Waals surface area contributed by atoms with E-state index >= 15 is 0 Å². The van der Waals surface area contributed by atoms with Crippen LogP contribution in [0.25, 0.3) is 5.65 Å². The van der Waals surface area contributed by atoms with E-state index in [1.54, 1.807) is 0 Å². The van der Waals surface area contributed by atoms with E-state index in [1.165, 1.54) is 0 Å². The van der Waals surface area contributed by atoms with E-state index in [0.29, 0.717) is 18.2 Å². The molecule has 48 heavy (non-hydrogen) atoms. The zero-order valence-electron chi connectivity index (χ0n) is 29.0. The molecule has 4 heterocycles. The van der Waals surface area contributed by atoms with E-state index in [4.69, 9.17) is 19.2 Å². The van der Waals surface area contributed by atoms with Gasteiger partial charge in [-0.15, -0.1) is 10.2 Å². The fraction of sp³-hybridized carbons (Fsp3) is 0.528. The summed E-state index contributed by atoms with van der Waals surface area (Å²) in [6.45, 7) is 17.7. The van der Waals surface area contributed by atoms with Gasteiger partial charge in [-0.2, -0.15) is 0 Å². The lowest BCUT2D eigenvalue weighted by atomic mass is 9.85. The number of pyridine rings is 1. The average molecular weight is 657 g/mol. The molecule has 12 nitrogen and oxygen atoms in total. The van der Waals surface area contributed by atoms with Crippen LogP contribution in [-0.2, 0) is 26.9 Å². The second kappa shape index (κ2) is 14.2. The standard InChI is InChI=1S/C36H48N8O4/c1-35(2,3)29-21-30(39-31(38-29)23-47-20-17-43-15-18-46-19-16-43)40-34(45)37-27-12-13-28(26-10-8-7-9-25(26)27)48-24-11-14-32-41-42-33(36(4,5)6)44(32)22-24/h7-11,14,21-22,27-28H,12-13,15-20,23H2,1-6H3,(H2,37,38,39,40,45)/t27-,28+/m0/s1. The summed E-state index contributed by atoms with van der Waals surface area (Å²) in [5.74, 6) is 2.62. The molecule has 2 amide bonds. The van der Waals surface area contributed by atoms with Crippen molar-refractivity contribution in [2.75, 3.05) is 44.8 Å². The number of benzene rings is 1. The third-order valence-corrected chi connectivity index (χ3v) is 8.73. The second-order valence-electron chi connectivity index (χ2n) is 14.6. The highest BCUT2D eigenvalue weighted by molar-refractivity contribution is 5.88. The molecule has 1 saturated heterocycles. The number of carbonyl (C=O) groups excluding carboxylic acids is 1. The lowest BCUT2D eigenvalue weighted by Crippen LogP contribution is -2.38. The van der Waals surface area contributed by atoms with Gasteiger partial charge in [0.25, 0.3) is 0 Å². The molecule has 1 fully saturated rings. The van der Waals surface area contributed by atoms with Crippen LogP contribution < -0.4 is 15.4 Å². The first-order chi connectivity index (χ1) is 22.9. The number of nitrogens with zero attached hydrogens (tertiary/aromatic N) is 6. The maximum absolute atomic E-state index is 13.4. The molecule has 0 spiro atoms. The first kappa shape index (κ1) is 33.8. The molecule has 2 atom stereocenters. The molecule has 2 N–H and O–H groups in total. The molecule has 0 radical (unpaired) electrons. The Bertz CT molecular complexity index is 1720. The number of urea groups is 1. The van der Waals surface area contributed by atoms with Crippen molar-refractivity contribution in [3.05, 3.63) is 77.1 Å². The van der Waals surface area contributed by atoms with E-state index in [9.17, 15) is 4.79 Å². The molecule has 256 valence electrons. The Labute approximate surface area is 282 Å². The Balaban J connectivity index is 1.11. The van der Waals surface area contributed by atoms with Gasteiger partial charge in [0.15, 0.2) is 11.5 Å². The molecule has 1 aliphatic carbocycles. The molecule has 0 unspecified atom stereocenters. The van der Waals surface area contributed by atoms with Gasteiger partial charge in [-0.05, 0) is 36.1 Å². The zero-order chi connectivity index (χ0) is 33.9. The molecule has 2 aliphatic rings. The van der Waals surface area contributed by atoms with E-state index in [1.807, 2.05) is 40.9 Å². The highest BCUT2D eigenvalue weighted by Crippen LogP contribution is 2.39. The Hall–Kier alpha value is -4.13. The van der Waals surface area contributed by atoms with Gasteiger partial charge in [-0.3, -0.25) is 14.6 Å². The van der Waals surface area contributed by atoms with Crippen LogP contribution in [0.15, 0.2) is 48.7 Å². The number of carbonyl (C=O) groups is 1. The number of anilines is 1. The van der Waals surface area contributed by atoms with Gasteiger partial charge in [0.1, 0.15) is 30.1 Å². The van der Waals surface area contributed by atoms with Crippen LogP contribution in [-0.4, -0.2) is 75.0 Å². The van der Waals surface area contributed by atoms with E-state index in [2.05, 4.69) is 84.4 Å². The summed E-state index contributed by atoms with van der Waals surface area (Å²) in [6, 6.07) is 13.4. The largest absolute Gasteiger partial charge is 0.484 e. The summed E-state index contributed by atoms with van der Waals surface area (Å²) in [7, 11) is 0. The van der Waals surface area contributed by atoms with Crippen molar-refractivity contribution < 1.29 is 19.0 Å². The van der Waals surface area contributed by atoms with Crippen LogP contribution in [0.5, 0.6) is 5.75 Å². The number of morpholine rings is 1. The monoisotopic (exact) mass is 656 g/mol. The number of fused-ring (bicyclic) bond motifs is 2. The number of hydrogen-bond acceptors (Lipinski definition) is 9. The molecular weight excluding hydrogens is 608 g/mol. The van der Waals surface area contributed by atoms with E-state index in [0.717, 1.165) is 79.7 Å². The minimum atomic E-state index is -0.320. The third kappa shape index (κ3) is 8.11. The lowest BCUT2D eigenvalue weighted by Gasteiger charge is -2.32. The Morgan fingerprint density at radius 2 is 1.73 bits per heavy atom. The molecule has 3 aromatic heterocycles. The minimum absolute atomic E-state index is 0.156. The van der Waals surface area contributed by atoms with Crippen molar-refractivity contribution in [3.8, 4) is 5.75 Å². The Morgan fingerprint density at radius 1 is 0.958 bits per heavy atom. The van der Waals surface area contributed by atoms with Crippen LogP contribution in [0.1, 0.15) is 95.0 Å². The van der Waals surface area contributed by atoms with Gasteiger partial charge in [0.2, 0.25) is 0 Å². The van der Waals surface area contributed by atoms with Crippen LogP contribution in [0.2, 0.25) is 0 Å². The van der Waals surface area contributed by atoms with Crippen molar-refractivity contribution >= 4 is 17.5 Å². The number of hydrogen-bond donors (Lipinski definition) is 2. The maximum atomic E-state index is 13.4. The third-order valence-electron chi connectivity index (χ3n) is 8.73. The quantitative estimate of drug-likeness (QED) is 0.217. The second-order valence-corrected chi connectivity index (χ2v) is 14.6. The average Bonchev–Trinajstić information content (AvgIpc) is 3.49. The van der Waals surface area contributed by atoms with Gasteiger partial charge < -0.3 is 19.5 Å². The smallest absolute Gasteiger partial charge is 0.320 e. The summed E-state index contributed by atoms with van der Waals surface area (Å²) in [5, 5.41) is 14.9. The van der Waals surface area contributed by atoms with Gasteiger partial charge in [0.05, 0.1) is 37.8 Å². The number of rotatable bonds is 9. The van der Waals surface area contributed by atoms with Crippen LogP contribution >= 0.6 is 0 Å². The molecule has 1 aromatic carbocycles. The zero-order valence-corrected chi connectivity index (χ0v) is 29.0. The van der Waals surface area contributed by atoms with Crippen molar-refractivity contribution in [3.63, 3.8) is 0 Å². The van der Waals surface area contributed by atoms with Crippen LogP contribution in [0.3, 0.4) is 0 Å². The van der Waals surface area contributed by atoms with Gasteiger partial charge in [-0.1, -0.05) is 65.8 Å². The van der Waals surface area contributed by atoms with E-state index < -0.39 is 0 Å². The van der Waals surface area contributed by atoms with Crippen LogP contribution in [0, 0.1) is 0 Å². The van der Waals surface area contributed by atoms with Crippen molar-refractivity contribution in [1.29, 1.82) is 0 Å². The molecule has 4 aromatic rings. The molecule has 12 heteroatoms. The summed E-state index contributed by atoms with van der Waals surface area (Å²) >= 11 is 0.